The van der Waals surface area contributed by atoms with Gasteiger partial charge >= 0.3 is 5.97 Å². The molecule has 0 amide bonds. The first kappa shape index (κ1) is 26.0. The van der Waals surface area contributed by atoms with Gasteiger partial charge in [0.2, 0.25) is 0 Å². The molecule has 28 heavy (non-hydrogen) atoms. The van der Waals surface area contributed by atoms with Gasteiger partial charge in [0.1, 0.15) is 6.61 Å². The molecule has 0 bridgehead atoms. The average molecular weight is 438 g/mol. The van der Waals surface area contributed by atoms with Crippen molar-refractivity contribution in [2.75, 3.05) is 51.4 Å². The molecule has 1 saturated heterocycles. The summed E-state index contributed by atoms with van der Waals surface area (Å²) < 4.78 is 29.9. The van der Waals surface area contributed by atoms with Gasteiger partial charge in [0.25, 0.3) is 6.57 Å². The van der Waals surface area contributed by atoms with Gasteiger partial charge in [0.05, 0.1) is 24.2 Å². The molecule has 1 unspecified atom stereocenters. The molecule has 0 aromatic rings. The minimum absolute atomic E-state index is 0.197. The minimum Gasteiger partial charge on any atom is -0.464 e. The molecular formula is C20H40NO5PS. The third-order valence-corrected chi connectivity index (χ3v) is 9.46. The van der Waals surface area contributed by atoms with Crippen LogP contribution in [-0.2, 0) is 23.4 Å². The fourth-order valence-electron chi connectivity index (χ4n) is 2.85. The summed E-state index contributed by atoms with van der Waals surface area (Å²) in [6, 6.07) is 0. The molecule has 0 aromatic heterocycles. The van der Waals surface area contributed by atoms with Gasteiger partial charge in [-0.1, -0.05) is 25.2 Å². The predicted octanol–water partition coefficient (Wildman–Crippen LogP) is 4.68. The van der Waals surface area contributed by atoms with Crippen molar-refractivity contribution in [1.82, 2.24) is 4.90 Å². The van der Waals surface area contributed by atoms with Crippen LogP contribution in [0.5, 0.6) is 0 Å². The van der Waals surface area contributed by atoms with Crippen LogP contribution < -0.4 is 0 Å². The van der Waals surface area contributed by atoms with Crippen molar-refractivity contribution in [3.8, 4) is 0 Å². The van der Waals surface area contributed by atoms with E-state index in [1.165, 1.54) is 11.4 Å². The second-order valence-corrected chi connectivity index (χ2v) is 14.3. The molecule has 8 heteroatoms. The van der Waals surface area contributed by atoms with Gasteiger partial charge in [-0.3, -0.25) is 14.3 Å². The molecule has 0 radical (unpaired) electrons. The molecule has 166 valence electrons. The first-order valence-electron chi connectivity index (χ1n) is 10.2. The molecule has 1 atom stereocenters. The van der Waals surface area contributed by atoms with Crippen LogP contribution in [0.1, 0.15) is 54.9 Å². The Kier molecular flexibility index (Phi) is 10.5. The fraction of sp³-hybridized carbons (Fsp3) is 0.950. The summed E-state index contributed by atoms with van der Waals surface area (Å²) in [7, 11) is 0. The van der Waals surface area contributed by atoms with Crippen molar-refractivity contribution in [3.63, 3.8) is 0 Å². The van der Waals surface area contributed by atoms with Crippen molar-refractivity contribution in [3.05, 3.63) is 0 Å². The van der Waals surface area contributed by atoms with Crippen LogP contribution >= 0.6 is 18.0 Å². The van der Waals surface area contributed by atoms with Gasteiger partial charge in [-0.2, -0.15) is 0 Å². The van der Waals surface area contributed by atoms with E-state index in [1.807, 2.05) is 48.5 Å². The molecule has 0 spiro atoms. The number of hydrogen-bond donors (Lipinski definition) is 0. The highest BCUT2D eigenvalue weighted by atomic mass is 32.7. The summed E-state index contributed by atoms with van der Waals surface area (Å²) in [5.41, 5.74) is -0.998. The van der Waals surface area contributed by atoms with E-state index in [0.29, 0.717) is 11.9 Å². The summed E-state index contributed by atoms with van der Waals surface area (Å²) in [5, 5.41) is 0. The van der Waals surface area contributed by atoms with Gasteiger partial charge in [-0.25, -0.2) is 0 Å². The van der Waals surface area contributed by atoms with Gasteiger partial charge in [0, 0.05) is 25.0 Å². The van der Waals surface area contributed by atoms with E-state index in [1.54, 1.807) is 0 Å². The Balaban J connectivity index is 2.42. The lowest BCUT2D eigenvalue weighted by Crippen LogP contribution is -2.39. The van der Waals surface area contributed by atoms with Crippen LogP contribution in [-0.4, -0.2) is 67.8 Å². The number of rotatable bonds is 11. The topological polar surface area (TPSA) is 65.1 Å². The molecule has 1 aliphatic heterocycles. The first-order valence-corrected chi connectivity index (χ1v) is 13.6. The average Bonchev–Trinajstić information content (AvgIpc) is 2.55. The fourth-order valence-corrected chi connectivity index (χ4v) is 8.35. The highest BCUT2D eigenvalue weighted by Gasteiger charge is 2.32. The Hall–Kier alpha value is -0.0700. The van der Waals surface area contributed by atoms with Crippen LogP contribution in [0.3, 0.4) is 0 Å². The first-order chi connectivity index (χ1) is 12.8. The zero-order chi connectivity index (χ0) is 21.4. The maximum Gasteiger partial charge on any atom is 0.311 e. The summed E-state index contributed by atoms with van der Waals surface area (Å²) in [6.45, 7) is 15.3. The summed E-state index contributed by atoms with van der Waals surface area (Å²) in [4.78, 5) is 14.8. The highest BCUT2D eigenvalue weighted by molar-refractivity contribution is 8.56. The maximum atomic E-state index is 13.1. The number of carbonyl (C=O) groups is 1. The second-order valence-electron chi connectivity index (χ2n) is 9.45. The lowest BCUT2D eigenvalue weighted by Gasteiger charge is -2.30. The molecule has 0 N–H and O–H groups in total. The number of esters is 1. The molecule has 1 fully saturated rings. The molecule has 0 aliphatic carbocycles. The molecule has 6 nitrogen and oxygen atoms in total. The summed E-state index contributed by atoms with van der Waals surface area (Å²) in [5.74, 6) is 0.560. The highest BCUT2D eigenvalue weighted by Crippen LogP contribution is 2.62. The number of hydrogen-bond acceptors (Lipinski definition) is 7. The predicted molar refractivity (Wildman–Crippen MR) is 117 cm³/mol. The third-order valence-electron chi connectivity index (χ3n) is 4.32. The van der Waals surface area contributed by atoms with Crippen molar-refractivity contribution in [2.24, 2.45) is 11.3 Å². The van der Waals surface area contributed by atoms with Gasteiger partial charge in [0.15, 0.2) is 0 Å². The Morgan fingerprint density at radius 1 is 1.18 bits per heavy atom. The third kappa shape index (κ3) is 10.6. The van der Waals surface area contributed by atoms with Crippen molar-refractivity contribution >= 4 is 23.9 Å². The normalized spacial score (nSPS) is 18.9. The summed E-state index contributed by atoms with van der Waals surface area (Å²) in [6.07, 6.45) is 1.27. The Labute approximate surface area is 175 Å². The van der Waals surface area contributed by atoms with Crippen molar-refractivity contribution in [1.29, 1.82) is 0 Å². The van der Waals surface area contributed by atoms with Crippen molar-refractivity contribution in [2.45, 2.75) is 60.5 Å². The molecule has 0 aromatic carbocycles. The number of carbonyl (C=O) groups excluding carboxylic acids is 1. The van der Waals surface area contributed by atoms with Crippen LogP contribution in [0.15, 0.2) is 0 Å². The van der Waals surface area contributed by atoms with E-state index in [4.69, 9.17) is 14.0 Å². The van der Waals surface area contributed by atoms with Gasteiger partial charge in [-0.05, 0) is 53.5 Å². The number of ether oxygens (including phenoxy) is 2. The maximum absolute atomic E-state index is 13.1. The Morgan fingerprint density at radius 3 is 2.32 bits per heavy atom. The molecule has 1 rings (SSSR count). The lowest BCUT2D eigenvalue weighted by atomic mass is 9.89. The van der Waals surface area contributed by atoms with Crippen LogP contribution in [0, 0.1) is 11.3 Å². The van der Waals surface area contributed by atoms with Gasteiger partial charge in [-0.15, -0.1) is 0 Å². The zero-order valence-corrected chi connectivity index (χ0v) is 20.5. The molecule has 0 saturated carbocycles. The van der Waals surface area contributed by atoms with Crippen LogP contribution in [0.25, 0.3) is 0 Å². The smallest absolute Gasteiger partial charge is 0.311 e. The van der Waals surface area contributed by atoms with E-state index < -0.39 is 17.6 Å². The van der Waals surface area contributed by atoms with Gasteiger partial charge < -0.3 is 14.0 Å². The minimum atomic E-state index is -2.82. The van der Waals surface area contributed by atoms with Crippen LogP contribution in [0.4, 0.5) is 0 Å². The quantitative estimate of drug-likeness (QED) is 0.264. The van der Waals surface area contributed by atoms with E-state index in [0.717, 1.165) is 39.3 Å². The zero-order valence-electron chi connectivity index (χ0n) is 18.8. The van der Waals surface area contributed by atoms with E-state index in [2.05, 4.69) is 4.90 Å². The SMILES string of the molecule is CC(C)CP(=O)(OC(C)(C)C)SCCOC(=O)C(C)(C)CCN1CCOCC1. The largest absolute Gasteiger partial charge is 0.464 e. The molecule has 1 aliphatic rings. The Bertz CT molecular complexity index is 527. The molecular weight excluding hydrogens is 397 g/mol. The van der Waals surface area contributed by atoms with Crippen molar-refractivity contribution < 1.29 is 23.4 Å². The monoisotopic (exact) mass is 437 g/mol. The number of nitrogens with zero attached hydrogens (tertiary/aromatic N) is 1. The standard InChI is InChI=1S/C20H40NO5PS/c1-17(2)16-27(23,26-19(3,4)5)28-15-14-25-18(22)20(6,7)8-9-21-10-12-24-13-11-21/h17H,8-16H2,1-7H3. The number of morpholine rings is 1. The summed E-state index contributed by atoms with van der Waals surface area (Å²) >= 11 is 1.30. The van der Waals surface area contributed by atoms with E-state index in [9.17, 15) is 9.36 Å². The van der Waals surface area contributed by atoms with E-state index >= 15 is 0 Å². The lowest BCUT2D eigenvalue weighted by molar-refractivity contribution is -0.153. The Morgan fingerprint density at radius 2 is 1.79 bits per heavy atom. The van der Waals surface area contributed by atoms with E-state index in [-0.39, 0.29) is 18.5 Å². The molecule has 1 heterocycles. The van der Waals surface area contributed by atoms with Crippen LogP contribution in [0.2, 0.25) is 0 Å². The second kappa shape index (κ2) is 11.4.